The molecule has 0 radical (unpaired) electrons. The Kier molecular flexibility index (Phi) is 3.74. The van der Waals surface area contributed by atoms with Crippen LogP contribution in [0.2, 0.25) is 5.02 Å². The van der Waals surface area contributed by atoms with Gasteiger partial charge in [0.15, 0.2) is 0 Å². The second kappa shape index (κ2) is 5.74. The summed E-state index contributed by atoms with van der Waals surface area (Å²) >= 11 is 5.96. The van der Waals surface area contributed by atoms with Crippen LogP contribution in [0.4, 0.5) is 5.69 Å². The molecule has 0 spiro atoms. The lowest BCUT2D eigenvalue weighted by atomic mass is 9.91. The highest BCUT2D eigenvalue weighted by molar-refractivity contribution is 6.30. The van der Waals surface area contributed by atoms with Crippen LogP contribution >= 0.6 is 11.6 Å². The summed E-state index contributed by atoms with van der Waals surface area (Å²) in [7, 11) is 0. The summed E-state index contributed by atoms with van der Waals surface area (Å²) in [5, 5.41) is 13.8. The first-order valence-electron chi connectivity index (χ1n) is 8.22. The Morgan fingerprint density at radius 2 is 1.77 bits per heavy atom. The second-order valence-electron chi connectivity index (χ2n) is 6.74. The molecule has 0 amide bonds. The van der Waals surface area contributed by atoms with Crippen molar-refractivity contribution in [2.24, 2.45) is 17.0 Å². The number of halogens is 1. The van der Waals surface area contributed by atoms with E-state index in [0.29, 0.717) is 17.9 Å². The van der Waals surface area contributed by atoms with E-state index in [4.69, 9.17) is 11.6 Å². The number of benzene rings is 1. The van der Waals surface area contributed by atoms with Gasteiger partial charge in [-0.1, -0.05) is 16.8 Å². The van der Waals surface area contributed by atoms with E-state index >= 15 is 0 Å². The molecular formula is C17H22ClN3O. The smallest absolute Gasteiger partial charge is 0.0775 e. The molecule has 1 aromatic rings. The van der Waals surface area contributed by atoms with E-state index in [1.807, 2.05) is 12.1 Å². The summed E-state index contributed by atoms with van der Waals surface area (Å²) < 4.78 is 0. The minimum Gasteiger partial charge on any atom is -0.411 e. The lowest BCUT2D eigenvalue weighted by molar-refractivity contribution is 0.181. The van der Waals surface area contributed by atoms with Crippen molar-refractivity contribution in [1.82, 2.24) is 4.90 Å². The van der Waals surface area contributed by atoms with Gasteiger partial charge in [0.2, 0.25) is 0 Å². The standard InChI is InChI=1S/C17H22ClN3O/c18-14-3-5-15(6-4-14)20-7-9-21(10-8-20)17-13-2-1-12(11-13)16(17)19-22/h3-6,12-13,17,22H,1-2,7-11H2/b19-16+/t12-,13-,17+/m0/s1. The van der Waals surface area contributed by atoms with Crippen LogP contribution < -0.4 is 4.90 Å². The molecule has 1 aliphatic heterocycles. The Balaban J connectivity index is 1.43. The molecule has 2 aliphatic carbocycles. The van der Waals surface area contributed by atoms with Crippen molar-refractivity contribution >= 4 is 23.0 Å². The third-order valence-corrected chi connectivity index (χ3v) is 5.91. The van der Waals surface area contributed by atoms with E-state index in [1.54, 1.807) is 0 Å². The van der Waals surface area contributed by atoms with Gasteiger partial charge in [0, 0.05) is 42.8 Å². The first-order valence-corrected chi connectivity index (χ1v) is 8.60. The summed E-state index contributed by atoms with van der Waals surface area (Å²) in [5.41, 5.74) is 2.30. The topological polar surface area (TPSA) is 39.1 Å². The minimum absolute atomic E-state index is 0.385. The van der Waals surface area contributed by atoms with E-state index in [-0.39, 0.29) is 0 Å². The van der Waals surface area contributed by atoms with Crippen LogP contribution in [0.3, 0.4) is 0 Å². The van der Waals surface area contributed by atoms with Crippen LogP contribution in [-0.4, -0.2) is 48.0 Å². The molecule has 1 N–H and O–H groups in total. The average molecular weight is 320 g/mol. The molecule has 2 saturated carbocycles. The summed E-state index contributed by atoms with van der Waals surface area (Å²) in [6, 6.07) is 8.48. The van der Waals surface area contributed by atoms with Gasteiger partial charge < -0.3 is 10.1 Å². The molecule has 4 nitrogen and oxygen atoms in total. The van der Waals surface area contributed by atoms with E-state index in [0.717, 1.165) is 36.9 Å². The number of hydrogen-bond donors (Lipinski definition) is 1. The van der Waals surface area contributed by atoms with Crippen LogP contribution in [0.25, 0.3) is 0 Å². The molecule has 3 aliphatic rings. The average Bonchev–Trinajstić information content (AvgIpc) is 3.16. The quantitative estimate of drug-likeness (QED) is 0.672. The van der Waals surface area contributed by atoms with Crippen molar-refractivity contribution in [3.63, 3.8) is 0 Å². The zero-order valence-electron chi connectivity index (χ0n) is 12.7. The second-order valence-corrected chi connectivity index (χ2v) is 7.18. The van der Waals surface area contributed by atoms with Gasteiger partial charge in [-0.25, -0.2) is 0 Å². The maximum Gasteiger partial charge on any atom is 0.0775 e. The molecular weight excluding hydrogens is 298 g/mol. The maximum atomic E-state index is 9.38. The summed E-state index contributed by atoms with van der Waals surface area (Å²) in [6.07, 6.45) is 3.73. The van der Waals surface area contributed by atoms with Gasteiger partial charge in [0.1, 0.15) is 0 Å². The molecule has 118 valence electrons. The normalized spacial score (nSPS) is 33.8. The summed E-state index contributed by atoms with van der Waals surface area (Å²) in [5.74, 6) is 1.24. The molecule has 1 aromatic carbocycles. The maximum absolute atomic E-state index is 9.38. The highest BCUT2D eigenvalue weighted by atomic mass is 35.5. The molecule has 4 rings (SSSR count). The Morgan fingerprint density at radius 1 is 1.05 bits per heavy atom. The molecule has 3 atom stereocenters. The fourth-order valence-corrected chi connectivity index (χ4v) is 4.72. The Hall–Kier alpha value is -1.26. The number of fused-ring (bicyclic) bond motifs is 2. The fraction of sp³-hybridized carbons (Fsp3) is 0.588. The predicted octanol–water partition coefficient (Wildman–Crippen LogP) is 3.09. The molecule has 0 unspecified atom stereocenters. The van der Waals surface area contributed by atoms with Crippen molar-refractivity contribution in [2.45, 2.75) is 25.3 Å². The van der Waals surface area contributed by atoms with Crippen LogP contribution in [0.15, 0.2) is 29.4 Å². The van der Waals surface area contributed by atoms with Gasteiger partial charge in [0.25, 0.3) is 0 Å². The van der Waals surface area contributed by atoms with Crippen LogP contribution in [0.5, 0.6) is 0 Å². The highest BCUT2D eigenvalue weighted by Gasteiger charge is 2.48. The number of oxime groups is 1. The zero-order chi connectivity index (χ0) is 15.1. The van der Waals surface area contributed by atoms with Gasteiger partial charge in [-0.05, 0) is 49.4 Å². The van der Waals surface area contributed by atoms with Crippen molar-refractivity contribution < 1.29 is 5.21 Å². The molecule has 2 bridgehead atoms. The molecule has 5 heteroatoms. The predicted molar refractivity (Wildman–Crippen MR) is 89.1 cm³/mol. The van der Waals surface area contributed by atoms with Crippen LogP contribution in [0.1, 0.15) is 19.3 Å². The molecule has 1 saturated heterocycles. The van der Waals surface area contributed by atoms with E-state index in [9.17, 15) is 5.21 Å². The fourth-order valence-electron chi connectivity index (χ4n) is 4.59. The molecule has 22 heavy (non-hydrogen) atoms. The van der Waals surface area contributed by atoms with Crippen molar-refractivity contribution in [2.75, 3.05) is 31.1 Å². The van der Waals surface area contributed by atoms with E-state index in [2.05, 4.69) is 27.1 Å². The number of piperazine rings is 1. The first kappa shape index (κ1) is 14.3. The summed E-state index contributed by atoms with van der Waals surface area (Å²) in [6.45, 7) is 4.12. The Bertz CT molecular complexity index is 566. The van der Waals surface area contributed by atoms with Crippen molar-refractivity contribution in [3.05, 3.63) is 29.3 Å². The van der Waals surface area contributed by atoms with Gasteiger partial charge in [0.05, 0.1) is 11.8 Å². The van der Waals surface area contributed by atoms with Gasteiger partial charge in [-0.15, -0.1) is 0 Å². The third kappa shape index (κ3) is 2.38. The Morgan fingerprint density at radius 3 is 2.45 bits per heavy atom. The summed E-state index contributed by atoms with van der Waals surface area (Å²) in [4.78, 5) is 4.95. The Labute approximate surface area is 136 Å². The number of anilines is 1. The highest BCUT2D eigenvalue weighted by Crippen LogP contribution is 2.45. The van der Waals surface area contributed by atoms with Crippen molar-refractivity contribution in [3.8, 4) is 0 Å². The zero-order valence-corrected chi connectivity index (χ0v) is 13.4. The van der Waals surface area contributed by atoms with Crippen molar-refractivity contribution in [1.29, 1.82) is 0 Å². The molecule has 3 fully saturated rings. The lowest BCUT2D eigenvalue weighted by Crippen LogP contribution is -2.54. The van der Waals surface area contributed by atoms with E-state index in [1.165, 1.54) is 24.9 Å². The van der Waals surface area contributed by atoms with Crippen LogP contribution in [0, 0.1) is 11.8 Å². The number of hydrogen-bond acceptors (Lipinski definition) is 4. The largest absolute Gasteiger partial charge is 0.411 e. The van der Waals surface area contributed by atoms with Crippen LogP contribution in [-0.2, 0) is 0 Å². The molecule has 1 heterocycles. The molecule has 0 aromatic heterocycles. The lowest BCUT2D eigenvalue weighted by Gasteiger charge is -2.41. The van der Waals surface area contributed by atoms with E-state index < -0.39 is 0 Å². The monoisotopic (exact) mass is 319 g/mol. The third-order valence-electron chi connectivity index (χ3n) is 5.66. The minimum atomic E-state index is 0.385. The van der Waals surface area contributed by atoms with Gasteiger partial charge >= 0.3 is 0 Å². The first-order chi connectivity index (χ1) is 10.8. The SMILES string of the molecule is O/N=C1\[C@H]2CC[C@@H](C2)[C@H]1N1CCN(c2ccc(Cl)cc2)CC1. The van der Waals surface area contributed by atoms with Gasteiger partial charge in [-0.3, -0.25) is 4.90 Å². The van der Waals surface area contributed by atoms with Gasteiger partial charge in [-0.2, -0.15) is 0 Å². The number of nitrogens with zero attached hydrogens (tertiary/aromatic N) is 3. The number of rotatable bonds is 2.